The minimum absolute atomic E-state index is 0.277. The number of amides is 1. The summed E-state index contributed by atoms with van der Waals surface area (Å²) in [4.78, 5) is 18.4. The molecule has 0 spiro atoms. The summed E-state index contributed by atoms with van der Waals surface area (Å²) in [5.74, 6) is 0.607. The van der Waals surface area contributed by atoms with Crippen LogP contribution < -0.4 is 10.2 Å². The van der Waals surface area contributed by atoms with Crippen LogP contribution in [0.3, 0.4) is 0 Å². The lowest BCUT2D eigenvalue weighted by Gasteiger charge is -2.14. The average Bonchev–Trinajstić information content (AvgIpc) is 3.23. The van der Waals surface area contributed by atoms with Crippen molar-refractivity contribution in [2.75, 3.05) is 23.3 Å². The zero-order chi connectivity index (χ0) is 20.6. The second-order valence-corrected chi connectivity index (χ2v) is 7.55. The standard InChI is InChI=1S/C22H19N5O3/c23-14-22(8-9-22)19-6-3-16(11-24-19)15-1-4-17(5-2-15)27-13-18(30-21(27)28)12-25-20-7-10-29-26-20/h1-7,10-11,18H,8-9,12-13H2,(H,25,26)/t18-/m0/s1. The van der Waals surface area contributed by atoms with Crippen molar-refractivity contribution in [2.45, 2.75) is 24.4 Å². The number of aromatic nitrogens is 2. The van der Waals surface area contributed by atoms with E-state index < -0.39 is 0 Å². The van der Waals surface area contributed by atoms with E-state index in [-0.39, 0.29) is 17.6 Å². The highest BCUT2D eigenvalue weighted by molar-refractivity contribution is 5.90. The number of hydrogen-bond donors (Lipinski definition) is 1. The maximum Gasteiger partial charge on any atom is 0.414 e. The molecule has 1 amide bonds. The summed E-state index contributed by atoms with van der Waals surface area (Å²) in [6.45, 7) is 0.907. The molecule has 0 unspecified atom stereocenters. The van der Waals surface area contributed by atoms with Crippen LogP contribution >= 0.6 is 0 Å². The SMILES string of the molecule is N#CC1(c2ccc(-c3ccc(N4C[C@H](CNc5ccon5)OC4=O)cc3)cn2)CC1. The van der Waals surface area contributed by atoms with E-state index in [4.69, 9.17) is 9.26 Å². The molecule has 3 heterocycles. The average molecular weight is 401 g/mol. The van der Waals surface area contributed by atoms with Gasteiger partial charge in [-0.2, -0.15) is 5.26 Å². The van der Waals surface area contributed by atoms with E-state index >= 15 is 0 Å². The molecule has 1 saturated heterocycles. The van der Waals surface area contributed by atoms with Crippen molar-refractivity contribution in [3.63, 3.8) is 0 Å². The first kappa shape index (κ1) is 18.2. The summed E-state index contributed by atoms with van der Waals surface area (Å²) >= 11 is 0. The molecule has 1 aliphatic carbocycles. The summed E-state index contributed by atoms with van der Waals surface area (Å²) in [7, 11) is 0. The Kier molecular flexibility index (Phi) is 4.36. The van der Waals surface area contributed by atoms with E-state index in [2.05, 4.69) is 21.5 Å². The van der Waals surface area contributed by atoms with Gasteiger partial charge in [-0.25, -0.2) is 4.79 Å². The van der Waals surface area contributed by atoms with Crippen LogP contribution in [0.15, 0.2) is 59.4 Å². The lowest BCUT2D eigenvalue weighted by Crippen LogP contribution is -2.27. The number of rotatable bonds is 6. The Labute approximate surface area is 173 Å². The molecule has 3 aromatic rings. The number of nitrogens with one attached hydrogen (secondary N) is 1. The van der Waals surface area contributed by atoms with Gasteiger partial charge in [-0.3, -0.25) is 9.88 Å². The van der Waals surface area contributed by atoms with E-state index in [0.29, 0.717) is 18.9 Å². The predicted molar refractivity (Wildman–Crippen MR) is 109 cm³/mol. The second-order valence-electron chi connectivity index (χ2n) is 7.55. The van der Waals surface area contributed by atoms with Crippen LogP contribution in [0.25, 0.3) is 11.1 Å². The minimum Gasteiger partial charge on any atom is -0.442 e. The summed E-state index contributed by atoms with van der Waals surface area (Å²) in [6.07, 6.45) is 4.40. The minimum atomic E-state index is -0.377. The van der Waals surface area contributed by atoms with E-state index in [0.717, 1.165) is 35.3 Å². The molecule has 1 aromatic carbocycles. The highest BCUT2D eigenvalue weighted by Gasteiger charge is 2.46. The number of benzene rings is 1. The number of carbonyl (C=O) groups excluding carboxylic acids is 1. The maximum atomic E-state index is 12.3. The van der Waals surface area contributed by atoms with Gasteiger partial charge in [0.25, 0.3) is 0 Å². The van der Waals surface area contributed by atoms with Crippen LogP contribution in [0.1, 0.15) is 18.5 Å². The number of ether oxygens (including phenoxy) is 1. The highest BCUT2D eigenvalue weighted by atomic mass is 16.6. The number of carbonyl (C=O) groups is 1. The van der Waals surface area contributed by atoms with E-state index in [1.165, 1.54) is 6.26 Å². The Morgan fingerprint density at radius 3 is 2.60 bits per heavy atom. The van der Waals surface area contributed by atoms with Crippen molar-refractivity contribution in [3.8, 4) is 17.2 Å². The van der Waals surface area contributed by atoms with Gasteiger partial charge in [0.2, 0.25) is 0 Å². The molecule has 8 heteroatoms. The van der Waals surface area contributed by atoms with E-state index in [1.54, 1.807) is 17.2 Å². The molecule has 1 N–H and O–H groups in total. The molecule has 1 atom stereocenters. The quantitative estimate of drug-likeness (QED) is 0.671. The summed E-state index contributed by atoms with van der Waals surface area (Å²) < 4.78 is 10.2. The molecule has 5 rings (SSSR count). The fraction of sp³-hybridized carbons (Fsp3) is 0.273. The van der Waals surface area contributed by atoms with Gasteiger partial charge >= 0.3 is 6.09 Å². The van der Waals surface area contributed by atoms with Gasteiger partial charge < -0.3 is 14.6 Å². The summed E-state index contributed by atoms with van der Waals surface area (Å²) in [5.41, 5.74) is 3.21. The first-order valence-corrected chi connectivity index (χ1v) is 9.77. The molecule has 1 aliphatic heterocycles. The topological polar surface area (TPSA) is 104 Å². The Hall–Kier alpha value is -3.86. The third-order valence-corrected chi connectivity index (χ3v) is 5.55. The van der Waals surface area contributed by atoms with Crippen molar-refractivity contribution in [1.29, 1.82) is 5.26 Å². The normalized spacial score (nSPS) is 19.2. The van der Waals surface area contributed by atoms with Crippen molar-refractivity contribution in [3.05, 3.63) is 60.6 Å². The van der Waals surface area contributed by atoms with Gasteiger partial charge in [0.1, 0.15) is 12.4 Å². The molecule has 1 saturated carbocycles. The van der Waals surface area contributed by atoms with Gasteiger partial charge in [0, 0.05) is 23.5 Å². The maximum absolute atomic E-state index is 12.3. The second kappa shape index (κ2) is 7.19. The number of nitriles is 1. The fourth-order valence-electron chi connectivity index (χ4n) is 3.59. The van der Waals surface area contributed by atoms with E-state index in [9.17, 15) is 10.1 Å². The molecule has 0 radical (unpaired) electrons. The van der Waals surface area contributed by atoms with Crippen LogP contribution in [0.4, 0.5) is 16.3 Å². The lowest BCUT2D eigenvalue weighted by molar-refractivity contribution is 0.147. The molecule has 0 bridgehead atoms. The molecular weight excluding hydrogens is 382 g/mol. The molecule has 150 valence electrons. The third-order valence-electron chi connectivity index (χ3n) is 5.55. The number of pyridine rings is 1. The van der Waals surface area contributed by atoms with E-state index in [1.807, 2.05) is 36.4 Å². The van der Waals surface area contributed by atoms with Crippen molar-refractivity contribution >= 4 is 17.6 Å². The zero-order valence-corrected chi connectivity index (χ0v) is 16.1. The Morgan fingerprint density at radius 1 is 1.17 bits per heavy atom. The molecular formula is C22H19N5O3. The van der Waals surface area contributed by atoms with Gasteiger partial charge in [-0.1, -0.05) is 23.4 Å². The van der Waals surface area contributed by atoms with Crippen LogP contribution in [-0.4, -0.2) is 35.4 Å². The Morgan fingerprint density at radius 2 is 1.97 bits per heavy atom. The predicted octanol–water partition coefficient (Wildman–Crippen LogP) is 3.73. The first-order chi connectivity index (χ1) is 14.7. The number of anilines is 2. The Balaban J connectivity index is 1.25. The number of nitrogens with zero attached hydrogens (tertiary/aromatic N) is 4. The molecule has 8 nitrogen and oxygen atoms in total. The fourth-order valence-corrected chi connectivity index (χ4v) is 3.59. The van der Waals surface area contributed by atoms with Crippen LogP contribution in [-0.2, 0) is 10.2 Å². The third kappa shape index (κ3) is 3.35. The van der Waals surface area contributed by atoms with Crippen molar-refractivity contribution < 1.29 is 14.1 Å². The largest absolute Gasteiger partial charge is 0.442 e. The van der Waals surface area contributed by atoms with Gasteiger partial charge in [0.05, 0.1) is 30.3 Å². The molecule has 2 aromatic heterocycles. The summed E-state index contributed by atoms with van der Waals surface area (Å²) in [5, 5.41) is 16.2. The monoisotopic (exact) mass is 401 g/mol. The number of cyclic esters (lactones) is 1. The van der Waals surface area contributed by atoms with Gasteiger partial charge in [-0.05, 0) is 36.6 Å². The molecule has 30 heavy (non-hydrogen) atoms. The molecule has 2 fully saturated rings. The van der Waals surface area contributed by atoms with Crippen LogP contribution in [0, 0.1) is 11.3 Å². The van der Waals surface area contributed by atoms with Crippen molar-refractivity contribution in [2.24, 2.45) is 0 Å². The first-order valence-electron chi connectivity index (χ1n) is 9.77. The smallest absolute Gasteiger partial charge is 0.414 e. The van der Waals surface area contributed by atoms with Crippen LogP contribution in [0.2, 0.25) is 0 Å². The van der Waals surface area contributed by atoms with Gasteiger partial charge in [-0.15, -0.1) is 0 Å². The van der Waals surface area contributed by atoms with Crippen molar-refractivity contribution in [1.82, 2.24) is 10.1 Å². The number of hydrogen-bond acceptors (Lipinski definition) is 7. The zero-order valence-electron chi connectivity index (χ0n) is 16.1. The molecule has 2 aliphatic rings. The lowest BCUT2D eigenvalue weighted by atomic mass is 10.0. The van der Waals surface area contributed by atoms with Crippen LogP contribution in [0.5, 0.6) is 0 Å². The Bertz CT molecular complexity index is 1080. The summed E-state index contributed by atoms with van der Waals surface area (Å²) in [6, 6.07) is 15.7. The highest BCUT2D eigenvalue weighted by Crippen LogP contribution is 2.46. The van der Waals surface area contributed by atoms with Gasteiger partial charge in [0.15, 0.2) is 5.82 Å².